The second-order valence-corrected chi connectivity index (χ2v) is 5.28. The van der Waals surface area contributed by atoms with E-state index in [9.17, 15) is 4.39 Å². The van der Waals surface area contributed by atoms with Crippen molar-refractivity contribution in [1.82, 2.24) is 14.6 Å². The van der Waals surface area contributed by atoms with E-state index in [0.29, 0.717) is 5.75 Å². The van der Waals surface area contributed by atoms with Crippen LogP contribution in [-0.2, 0) is 0 Å². The molecule has 3 nitrogen and oxygen atoms in total. The number of thioether (sulfide) groups is 1. The molecule has 0 aliphatic rings. The van der Waals surface area contributed by atoms with Crippen molar-refractivity contribution in [3.05, 3.63) is 24.3 Å². The van der Waals surface area contributed by atoms with Gasteiger partial charge in [0, 0.05) is 5.75 Å². The second kappa shape index (κ2) is 4.03. The van der Waals surface area contributed by atoms with Crippen LogP contribution < -0.4 is 0 Å². The van der Waals surface area contributed by atoms with E-state index in [4.69, 9.17) is 0 Å². The van der Waals surface area contributed by atoms with Gasteiger partial charge in [0.05, 0.1) is 16.9 Å². The molecule has 3 rings (SSSR count). The summed E-state index contributed by atoms with van der Waals surface area (Å²) in [7, 11) is 0. The Hall–Kier alpha value is -1.14. The molecule has 0 unspecified atom stereocenters. The number of para-hydroxylation sites is 1. The molecule has 0 fully saturated rings. The van der Waals surface area contributed by atoms with E-state index in [1.165, 1.54) is 16.5 Å². The molecule has 2 heterocycles. The Kier molecular flexibility index (Phi) is 2.53. The summed E-state index contributed by atoms with van der Waals surface area (Å²) >= 11 is 3.00. The van der Waals surface area contributed by atoms with E-state index in [1.807, 2.05) is 22.6 Å². The Morgan fingerprint density at radius 2 is 2.19 bits per heavy atom. The van der Waals surface area contributed by atoms with Crippen LogP contribution in [0, 0.1) is 0 Å². The standard InChI is InChI=1S/C10H8FN3S2/c11-5-6-15-9-12-13-10-14(9)7-3-1-2-4-8(7)16-10/h1-4H,5-6H2. The highest BCUT2D eigenvalue weighted by molar-refractivity contribution is 7.99. The van der Waals surface area contributed by atoms with Crippen LogP contribution in [-0.4, -0.2) is 27.0 Å². The van der Waals surface area contributed by atoms with Crippen LogP contribution >= 0.6 is 23.1 Å². The van der Waals surface area contributed by atoms with Crippen molar-refractivity contribution < 1.29 is 4.39 Å². The van der Waals surface area contributed by atoms with Crippen LogP contribution in [0.15, 0.2) is 29.4 Å². The molecule has 0 saturated heterocycles. The predicted molar refractivity (Wildman–Crippen MR) is 65.1 cm³/mol. The van der Waals surface area contributed by atoms with Crippen molar-refractivity contribution in [3.8, 4) is 0 Å². The van der Waals surface area contributed by atoms with Gasteiger partial charge >= 0.3 is 0 Å². The fourth-order valence-corrected chi connectivity index (χ4v) is 3.27. The highest BCUT2D eigenvalue weighted by Gasteiger charge is 2.11. The lowest BCUT2D eigenvalue weighted by molar-refractivity contribution is 0.532. The monoisotopic (exact) mass is 253 g/mol. The first-order valence-corrected chi connectivity index (χ1v) is 6.62. The van der Waals surface area contributed by atoms with Crippen LogP contribution in [0.3, 0.4) is 0 Å². The van der Waals surface area contributed by atoms with Gasteiger partial charge in [-0.15, -0.1) is 10.2 Å². The van der Waals surface area contributed by atoms with E-state index >= 15 is 0 Å². The number of aromatic nitrogens is 3. The molecule has 0 atom stereocenters. The Bertz CT molecular complexity index is 631. The number of hydrogen-bond donors (Lipinski definition) is 0. The molecule has 0 aliphatic heterocycles. The van der Waals surface area contributed by atoms with E-state index in [1.54, 1.807) is 11.3 Å². The zero-order chi connectivity index (χ0) is 11.0. The Balaban J connectivity index is 2.22. The molecule has 0 bridgehead atoms. The third kappa shape index (κ3) is 1.49. The normalized spacial score (nSPS) is 11.6. The molecule has 82 valence electrons. The van der Waals surface area contributed by atoms with E-state index in [2.05, 4.69) is 16.3 Å². The lowest BCUT2D eigenvalue weighted by Crippen LogP contribution is -1.87. The number of rotatable bonds is 3. The van der Waals surface area contributed by atoms with E-state index in [0.717, 1.165) is 15.6 Å². The molecule has 3 aromatic rings. The number of thiazole rings is 1. The van der Waals surface area contributed by atoms with Crippen LogP contribution in [0.25, 0.3) is 15.2 Å². The SMILES string of the molecule is FCCSc1nnc2sc3ccccc3n12. The highest BCUT2D eigenvalue weighted by Crippen LogP contribution is 2.29. The van der Waals surface area contributed by atoms with E-state index in [-0.39, 0.29) is 6.67 Å². The molecule has 0 saturated carbocycles. The largest absolute Gasteiger partial charge is 0.260 e. The van der Waals surface area contributed by atoms with Crippen molar-refractivity contribution in [1.29, 1.82) is 0 Å². The van der Waals surface area contributed by atoms with Gasteiger partial charge in [0.1, 0.15) is 0 Å². The number of benzene rings is 1. The topological polar surface area (TPSA) is 30.2 Å². The van der Waals surface area contributed by atoms with Gasteiger partial charge in [0.25, 0.3) is 0 Å². The fourth-order valence-electron chi connectivity index (χ4n) is 1.58. The van der Waals surface area contributed by atoms with Crippen LogP contribution in [0.4, 0.5) is 4.39 Å². The first kappa shape index (κ1) is 10.0. The van der Waals surface area contributed by atoms with Crippen molar-refractivity contribution in [2.75, 3.05) is 12.4 Å². The fraction of sp³-hybridized carbons (Fsp3) is 0.200. The molecule has 0 N–H and O–H groups in total. The number of hydrogen-bond acceptors (Lipinski definition) is 4. The van der Waals surface area contributed by atoms with Crippen molar-refractivity contribution in [2.24, 2.45) is 0 Å². The van der Waals surface area contributed by atoms with Gasteiger partial charge in [-0.3, -0.25) is 8.79 Å². The summed E-state index contributed by atoms with van der Waals surface area (Å²) < 4.78 is 15.3. The van der Waals surface area contributed by atoms with Crippen LogP contribution in [0.2, 0.25) is 0 Å². The van der Waals surface area contributed by atoms with Gasteiger partial charge in [-0.2, -0.15) is 0 Å². The number of nitrogens with zero attached hydrogens (tertiary/aromatic N) is 3. The van der Waals surface area contributed by atoms with Gasteiger partial charge in [0.2, 0.25) is 4.96 Å². The lowest BCUT2D eigenvalue weighted by Gasteiger charge is -1.95. The number of fused-ring (bicyclic) bond motifs is 3. The minimum atomic E-state index is -0.346. The number of alkyl halides is 1. The smallest absolute Gasteiger partial charge is 0.217 e. The second-order valence-electron chi connectivity index (χ2n) is 3.21. The van der Waals surface area contributed by atoms with Crippen molar-refractivity contribution in [3.63, 3.8) is 0 Å². The molecule has 2 aromatic heterocycles. The highest BCUT2D eigenvalue weighted by atomic mass is 32.2. The summed E-state index contributed by atoms with van der Waals surface area (Å²) in [5.74, 6) is 0.422. The quantitative estimate of drug-likeness (QED) is 0.672. The third-order valence-electron chi connectivity index (χ3n) is 2.22. The summed E-state index contributed by atoms with van der Waals surface area (Å²) in [4.78, 5) is 0.863. The molecular weight excluding hydrogens is 245 g/mol. The third-order valence-corrected chi connectivity index (χ3v) is 4.11. The predicted octanol–water partition coefficient (Wildman–Crippen LogP) is 3.01. The maximum Gasteiger partial charge on any atom is 0.217 e. The Labute approximate surface area is 99.3 Å². The van der Waals surface area contributed by atoms with E-state index < -0.39 is 0 Å². The molecule has 0 amide bonds. The summed E-state index contributed by atoms with van der Waals surface area (Å²) in [6, 6.07) is 8.07. The lowest BCUT2D eigenvalue weighted by atomic mass is 10.3. The van der Waals surface area contributed by atoms with Crippen LogP contribution in [0.1, 0.15) is 0 Å². The van der Waals surface area contributed by atoms with Gasteiger partial charge < -0.3 is 0 Å². The molecule has 16 heavy (non-hydrogen) atoms. The first-order chi connectivity index (χ1) is 7.90. The summed E-state index contributed by atoms with van der Waals surface area (Å²) in [6.07, 6.45) is 0. The van der Waals surface area contributed by atoms with Crippen molar-refractivity contribution in [2.45, 2.75) is 5.16 Å². The maximum absolute atomic E-state index is 12.1. The maximum atomic E-state index is 12.1. The molecule has 6 heteroatoms. The van der Waals surface area contributed by atoms with Gasteiger partial charge in [-0.25, -0.2) is 0 Å². The first-order valence-electron chi connectivity index (χ1n) is 4.81. The Morgan fingerprint density at radius 3 is 3.06 bits per heavy atom. The molecule has 0 spiro atoms. The molecule has 0 aliphatic carbocycles. The minimum Gasteiger partial charge on any atom is -0.260 e. The zero-order valence-corrected chi connectivity index (χ0v) is 9.89. The van der Waals surface area contributed by atoms with Crippen LogP contribution in [0.5, 0.6) is 0 Å². The summed E-state index contributed by atoms with van der Waals surface area (Å²) in [5, 5.41) is 8.93. The summed E-state index contributed by atoms with van der Waals surface area (Å²) in [5.41, 5.74) is 1.09. The average molecular weight is 253 g/mol. The molecule has 0 radical (unpaired) electrons. The van der Waals surface area contributed by atoms with Gasteiger partial charge in [0.15, 0.2) is 5.16 Å². The average Bonchev–Trinajstić information content (AvgIpc) is 2.85. The van der Waals surface area contributed by atoms with Crippen molar-refractivity contribution >= 4 is 38.3 Å². The minimum absolute atomic E-state index is 0.346. The molecular formula is C10H8FN3S2. The van der Waals surface area contributed by atoms with Gasteiger partial charge in [-0.05, 0) is 12.1 Å². The van der Waals surface area contributed by atoms with Gasteiger partial charge in [-0.1, -0.05) is 35.2 Å². The zero-order valence-electron chi connectivity index (χ0n) is 8.26. The summed E-state index contributed by atoms with van der Waals surface area (Å²) in [6.45, 7) is -0.346. The number of halogens is 1. The molecule has 1 aromatic carbocycles. The Morgan fingerprint density at radius 1 is 1.31 bits per heavy atom.